The number of anilines is 1. The molecule has 0 unspecified atom stereocenters. The van der Waals surface area contributed by atoms with Gasteiger partial charge in [-0.25, -0.2) is 9.37 Å². The van der Waals surface area contributed by atoms with Crippen LogP contribution in [0.4, 0.5) is 9.52 Å². The van der Waals surface area contributed by atoms with Crippen molar-refractivity contribution >= 4 is 27.8 Å². The van der Waals surface area contributed by atoms with E-state index in [1.165, 1.54) is 17.4 Å². The van der Waals surface area contributed by atoms with Crippen LogP contribution in [0.1, 0.15) is 15.6 Å². The predicted molar refractivity (Wildman–Crippen MR) is 88.2 cm³/mol. The van der Waals surface area contributed by atoms with Gasteiger partial charge in [0.15, 0.2) is 0 Å². The van der Waals surface area contributed by atoms with Gasteiger partial charge in [0.1, 0.15) is 10.8 Å². The normalized spacial score (nSPS) is 10.8. The topological polar surface area (TPSA) is 41.9 Å². The van der Waals surface area contributed by atoms with Crippen molar-refractivity contribution in [1.29, 1.82) is 0 Å². The fourth-order valence-electron chi connectivity index (χ4n) is 2.01. The van der Waals surface area contributed by atoms with Gasteiger partial charge in [0.05, 0.1) is 5.01 Å². The molecule has 0 N–H and O–H groups in total. The highest BCUT2D eigenvalue weighted by molar-refractivity contribution is 7.15. The van der Waals surface area contributed by atoms with Gasteiger partial charge >= 0.3 is 0 Å². The van der Waals surface area contributed by atoms with Gasteiger partial charge < -0.3 is 4.90 Å². The lowest BCUT2D eigenvalue weighted by Gasteiger charge is -2.13. The predicted octanol–water partition coefficient (Wildman–Crippen LogP) is 3.40. The van der Waals surface area contributed by atoms with Crippen molar-refractivity contribution in [3.8, 4) is 0 Å². The van der Waals surface area contributed by atoms with E-state index in [0.717, 1.165) is 28.1 Å². The van der Waals surface area contributed by atoms with Crippen LogP contribution in [0.15, 0.2) is 35.8 Å². The molecule has 114 valence electrons. The third kappa shape index (κ3) is 3.66. The van der Waals surface area contributed by atoms with Gasteiger partial charge in [0, 0.05) is 38.0 Å². The first-order valence-corrected chi connectivity index (χ1v) is 8.57. The zero-order valence-corrected chi connectivity index (χ0v) is 13.7. The first-order valence-electron chi connectivity index (χ1n) is 6.87. The molecule has 3 rings (SSSR count). The molecule has 0 amide bonds. The van der Waals surface area contributed by atoms with Crippen LogP contribution < -0.4 is 4.90 Å². The van der Waals surface area contributed by atoms with E-state index in [-0.39, 0.29) is 5.82 Å². The highest BCUT2D eigenvalue weighted by Crippen LogP contribution is 2.22. The van der Waals surface area contributed by atoms with E-state index in [9.17, 15) is 4.39 Å². The Morgan fingerprint density at radius 2 is 2.05 bits per heavy atom. The van der Waals surface area contributed by atoms with Crippen molar-refractivity contribution in [2.75, 3.05) is 18.5 Å². The van der Waals surface area contributed by atoms with Crippen LogP contribution in [0.3, 0.4) is 0 Å². The average molecular weight is 334 g/mol. The molecule has 1 aromatic carbocycles. The molecule has 0 saturated heterocycles. The molecule has 0 fully saturated rings. The summed E-state index contributed by atoms with van der Waals surface area (Å²) in [6, 6.07) is 6.78. The summed E-state index contributed by atoms with van der Waals surface area (Å²) in [4.78, 5) is 6.33. The van der Waals surface area contributed by atoms with Gasteiger partial charge in [-0.2, -0.15) is 0 Å². The molecule has 0 bridgehead atoms. The maximum absolute atomic E-state index is 13.7. The molecule has 2 aromatic heterocycles. The molecule has 7 heteroatoms. The van der Waals surface area contributed by atoms with Gasteiger partial charge in [0.2, 0.25) is 5.13 Å². The van der Waals surface area contributed by atoms with Crippen molar-refractivity contribution in [2.45, 2.75) is 12.8 Å². The molecule has 3 aromatic rings. The second-order valence-corrected chi connectivity index (χ2v) is 6.86. The first kappa shape index (κ1) is 15.1. The molecule has 2 heterocycles. The minimum Gasteiger partial charge on any atom is -0.349 e. The smallest absolute Gasteiger partial charge is 0.208 e. The highest BCUT2D eigenvalue weighted by Gasteiger charge is 2.11. The number of aromatic nitrogens is 3. The Morgan fingerprint density at radius 1 is 1.18 bits per heavy atom. The highest BCUT2D eigenvalue weighted by atomic mass is 32.1. The molecular weight excluding hydrogens is 319 g/mol. The molecule has 4 nitrogen and oxygen atoms in total. The summed E-state index contributed by atoms with van der Waals surface area (Å²) in [5.41, 5.74) is 0.649. The SMILES string of the molecule is CN(CCc1nccs1)c1nnc(Cc2ccccc2F)s1. The van der Waals surface area contributed by atoms with Crippen LogP contribution in [-0.2, 0) is 12.8 Å². The third-order valence-electron chi connectivity index (χ3n) is 3.23. The number of halogens is 1. The van der Waals surface area contributed by atoms with Gasteiger partial charge in [-0.05, 0) is 11.6 Å². The van der Waals surface area contributed by atoms with Gasteiger partial charge in [-0.1, -0.05) is 29.5 Å². The van der Waals surface area contributed by atoms with E-state index in [1.807, 2.05) is 24.7 Å². The van der Waals surface area contributed by atoms with E-state index in [2.05, 4.69) is 20.1 Å². The molecule has 22 heavy (non-hydrogen) atoms. The van der Waals surface area contributed by atoms with Gasteiger partial charge in [-0.15, -0.1) is 21.5 Å². The largest absolute Gasteiger partial charge is 0.349 e. The number of thiazole rings is 1. The summed E-state index contributed by atoms with van der Waals surface area (Å²) in [6.07, 6.45) is 3.18. The minimum atomic E-state index is -0.198. The molecule has 0 aliphatic heterocycles. The second-order valence-electron chi connectivity index (χ2n) is 4.84. The maximum Gasteiger partial charge on any atom is 0.208 e. The Kier molecular flexibility index (Phi) is 4.74. The van der Waals surface area contributed by atoms with Crippen LogP contribution in [0.25, 0.3) is 0 Å². The lowest BCUT2D eigenvalue weighted by atomic mass is 10.1. The maximum atomic E-state index is 13.7. The fourth-order valence-corrected chi connectivity index (χ4v) is 3.47. The molecule has 0 atom stereocenters. The van der Waals surface area contributed by atoms with Crippen LogP contribution in [-0.4, -0.2) is 28.8 Å². The average Bonchev–Trinajstić information content (AvgIpc) is 3.19. The molecule has 0 spiro atoms. The fraction of sp³-hybridized carbons (Fsp3) is 0.267. The molecular formula is C15H15FN4S2. The number of nitrogens with zero attached hydrogens (tertiary/aromatic N) is 4. The van der Waals surface area contributed by atoms with Crippen LogP contribution >= 0.6 is 22.7 Å². The summed E-state index contributed by atoms with van der Waals surface area (Å²) in [5, 5.41) is 13.1. The Morgan fingerprint density at radius 3 is 2.82 bits per heavy atom. The Hall–Kier alpha value is -1.86. The lowest BCUT2D eigenvalue weighted by molar-refractivity contribution is 0.613. The van der Waals surface area contributed by atoms with Crippen molar-refractivity contribution in [3.63, 3.8) is 0 Å². The number of rotatable bonds is 6. The number of likely N-dealkylation sites (N-methyl/N-ethyl adjacent to an activating group) is 1. The monoisotopic (exact) mass is 334 g/mol. The summed E-state index contributed by atoms with van der Waals surface area (Å²) >= 11 is 3.16. The van der Waals surface area contributed by atoms with Crippen LogP contribution in [0, 0.1) is 5.82 Å². The van der Waals surface area contributed by atoms with Crippen molar-refractivity contribution in [1.82, 2.24) is 15.2 Å². The quantitative estimate of drug-likeness (QED) is 0.693. The van der Waals surface area contributed by atoms with E-state index in [0.29, 0.717) is 12.0 Å². The Bertz CT molecular complexity index is 727. The number of hydrogen-bond donors (Lipinski definition) is 0. The van der Waals surface area contributed by atoms with E-state index < -0.39 is 0 Å². The third-order valence-corrected chi connectivity index (χ3v) is 5.10. The Balaban J connectivity index is 1.62. The first-order chi connectivity index (χ1) is 10.7. The van der Waals surface area contributed by atoms with Crippen molar-refractivity contribution < 1.29 is 4.39 Å². The zero-order valence-electron chi connectivity index (χ0n) is 12.1. The van der Waals surface area contributed by atoms with Crippen molar-refractivity contribution in [2.24, 2.45) is 0 Å². The van der Waals surface area contributed by atoms with E-state index >= 15 is 0 Å². The summed E-state index contributed by atoms with van der Waals surface area (Å²) in [6.45, 7) is 0.835. The molecule has 0 radical (unpaired) electrons. The standard InChI is InChI=1S/C15H15FN4S2/c1-20(8-6-13-17-7-9-21-13)15-19-18-14(22-15)10-11-4-2-3-5-12(11)16/h2-5,7,9H,6,8,10H2,1H3. The van der Waals surface area contributed by atoms with Crippen LogP contribution in [0.2, 0.25) is 0 Å². The Labute approximate surface area is 136 Å². The van der Waals surface area contributed by atoms with Gasteiger partial charge in [0.25, 0.3) is 0 Å². The van der Waals surface area contributed by atoms with Crippen molar-refractivity contribution in [3.05, 3.63) is 57.2 Å². The van der Waals surface area contributed by atoms with Crippen LogP contribution in [0.5, 0.6) is 0 Å². The van der Waals surface area contributed by atoms with E-state index in [1.54, 1.807) is 23.5 Å². The summed E-state index contributed by atoms with van der Waals surface area (Å²) < 4.78 is 13.7. The molecule has 0 aliphatic rings. The lowest BCUT2D eigenvalue weighted by Crippen LogP contribution is -2.19. The number of hydrogen-bond acceptors (Lipinski definition) is 6. The minimum absolute atomic E-state index is 0.198. The van der Waals surface area contributed by atoms with Gasteiger partial charge in [-0.3, -0.25) is 0 Å². The molecule has 0 saturated carbocycles. The zero-order chi connectivity index (χ0) is 15.4. The summed E-state index contributed by atoms with van der Waals surface area (Å²) in [5.74, 6) is -0.198. The summed E-state index contributed by atoms with van der Waals surface area (Å²) in [7, 11) is 1.99. The number of benzene rings is 1. The second kappa shape index (κ2) is 6.93. The molecule has 0 aliphatic carbocycles. The van der Waals surface area contributed by atoms with E-state index in [4.69, 9.17) is 0 Å².